The lowest BCUT2D eigenvalue weighted by atomic mass is 10.2. The molecule has 0 radical (unpaired) electrons. The third kappa shape index (κ3) is 5.32. The van der Waals surface area contributed by atoms with Gasteiger partial charge in [-0.2, -0.15) is 0 Å². The van der Waals surface area contributed by atoms with E-state index in [0.717, 1.165) is 5.56 Å². The molecule has 0 saturated carbocycles. The molecular weight excluding hydrogens is 370 g/mol. The van der Waals surface area contributed by atoms with Crippen LogP contribution in [0.5, 0.6) is 0 Å². The molecule has 3 rings (SSSR count). The number of hydrogen-bond donors (Lipinski definition) is 2. The van der Waals surface area contributed by atoms with Gasteiger partial charge in [0, 0.05) is 24.0 Å². The van der Waals surface area contributed by atoms with E-state index in [2.05, 4.69) is 10.6 Å². The first-order chi connectivity index (χ1) is 13.9. The highest BCUT2D eigenvalue weighted by molar-refractivity contribution is 6.03. The lowest BCUT2D eigenvalue weighted by Crippen LogP contribution is -2.34. The van der Waals surface area contributed by atoms with E-state index in [1.165, 1.54) is 11.2 Å². The minimum Gasteiger partial charge on any atom is -0.459 e. The van der Waals surface area contributed by atoms with Crippen LogP contribution in [-0.4, -0.2) is 36.2 Å². The number of hydrogen-bond acceptors (Lipinski definition) is 4. The Kier molecular flexibility index (Phi) is 6.09. The molecule has 2 N–H and O–H groups in total. The Hall–Kier alpha value is -3.87. The van der Waals surface area contributed by atoms with E-state index in [4.69, 9.17) is 4.42 Å². The molecular formula is C22H21N3O4. The summed E-state index contributed by atoms with van der Waals surface area (Å²) in [6.45, 7) is 1.88. The van der Waals surface area contributed by atoms with Gasteiger partial charge in [-0.15, -0.1) is 0 Å². The van der Waals surface area contributed by atoms with E-state index in [9.17, 15) is 14.4 Å². The summed E-state index contributed by atoms with van der Waals surface area (Å²) in [6.07, 6.45) is 1.42. The average Bonchev–Trinajstić information content (AvgIpc) is 3.25. The van der Waals surface area contributed by atoms with Crippen LogP contribution in [-0.2, 0) is 4.79 Å². The molecule has 0 aliphatic heterocycles. The maximum Gasteiger partial charge on any atom is 0.291 e. The predicted octanol–water partition coefficient (Wildman–Crippen LogP) is 3.55. The maximum atomic E-state index is 12.5. The number of amides is 3. The van der Waals surface area contributed by atoms with E-state index < -0.39 is 0 Å². The Balaban J connectivity index is 1.55. The second kappa shape index (κ2) is 8.88. The van der Waals surface area contributed by atoms with Gasteiger partial charge in [0.15, 0.2) is 5.76 Å². The Morgan fingerprint density at radius 1 is 0.897 bits per heavy atom. The number of nitrogens with one attached hydrogen (secondary N) is 2. The quantitative estimate of drug-likeness (QED) is 0.672. The highest BCUT2D eigenvalue weighted by Gasteiger charge is 2.16. The van der Waals surface area contributed by atoms with Crippen molar-refractivity contribution in [2.75, 3.05) is 24.2 Å². The van der Waals surface area contributed by atoms with E-state index in [1.54, 1.807) is 43.4 Å². The molecule has 0 saturated heterocycles. The molecule has 0 atom stereocenters. The van der Waals surface area contributed by atoms with Crippen LogP contribution < -0.4 is 10.6 Å². The Morgan fingerprint density at radius 2 is 1.52 bits per heavy atom. The standard InChI is InChI=1S/C22H21N3O4/c1-15-5-9-17(10-6-15)23-20(26)14-25(2)22(28)16-7-11-18(12-8-16)24-21(27)19-4-3-13-29-19/h3-13H,14H2,1-2H3,(H,23,26)(H,24,27). The number of likely N-dealkylation sites (N-methyl/N-ethyl adjacent to an activating group) is 1. The molecule has 7 nitrogen and oxygen atoms in total. The molecule has 0 aliphatic rings. The van der Waals surface area contributed by atoms with E-state index in [1.807, 2.05) is 31.2 Å². The summed E-state index contributed by atoms with van der Waals surface area (Å²) in [5.41, 5.74) is 2.71. The lowest BCUT2D eigenvalue weighted by Gasteiger charge is -2.17. The second-order valence-corrected chi connectivity index (χ2v) is 6.58. The Bertz CT molecular complexity index is 994. The highest BCUT2D eigenvalue weighted by Crippen LogP contribution is 2.13. The van der Waals surface area contributed by atoms with Crippen molar-refractivity contribution in [3.63, 3.8) is 0 Å². The van der Waals surface area contributed by atoms with Crippen LogP contribution in [0.4, 0.5) is 11.4 Å². The first kappa shape index (κ1) is 19.9. The van der Waals surface area contributed by atoms with E-state index in [-0.39, 0.29) is 30.0 Å². The smallest absolute Gasteiger partial charge is 0.291 e. The third-order valence-corrected chi connectivity index (χ3v) is 4.20. The van der Waals surface area contributed by atoms with E-state index >= 15 is 0 Å². The van der Waals surface area contributed by atoms with Gasteiger partial charge >= 0.3 is 0 Å². The van der Waals surface area contributed by atoms with Gasteiger partial charge in [-0.1, -0.05) is 17.7 Å². The molecule has 0 spiro atoms. The minimum atomic E-state index is -0.376. The molecule has 0 fully saturated rings. The summed E-state index contributed by atoms with van der Waals surface area (Å²) in [5.74, 6) is -0.761. The van der Waals surface area contributed by atoms with Crippen molar-refractivity contribution in [1.29, 1.82) is 0 Å². The number of aryl methyl sites for hydroxylation is 1. The van der Waals surface area contributed by atoms with Gasteiger partial charge in [-0.3, -0.25) is 14.4 Å². The summed E-state index contributed by atoms with van der Waals surface area (Å²) in [7, 11) is 1.56. The van der Waals surface area contributed by atoms with Crippen molar-refractivity contribution < 1.29 is 18.8 Å². The summed E-state index contributed by atoms with van der Waals surface area (Å²) < 4.78 is 5.04. The molecule has 148 valence electrons. The molecule has 1 heterocycles. The summed E-state index contributed by atoms with van der Waals surface area (Å²) in [6, 6.07) is 17.0. The zero-order chi connectivity index (χ0) is 20.8. The number of anilines is 2. The Morgan fingerprint density at radius 3 is 2.14 bits per heavy atom. The molecule has 0 bridgehead atoms. The molecule has 29 heavy (non-hydrogen) atoms. The predicted molar refractivity (Wildman–Crippen MR) is 110 cm³/mol. The van der Waals surface area contributed by atoms with Gasteiger partial charge < -0.3 is 20.0 Å². The van der Waals surface area contributed by atoms with Crippen molar-refractivity contribution in [2.24, 2.45) is 0 Å². The van der Waals surface area contributed by atoms with Crippen LogP contribution in [0.15, 0.2) is 71.3 Å². The SMILES string of the molecule is Cc1ccc(NC(=O)CN(C)C(=O)c2ccc(NC(=O)c3ccco3)cc2)cc1. The third-order valence-electron chi connectivity index (χ3n) is 4.20. The molecule has 1 aromatic heterocycles. The van der Waals surface area contributed by atoms with Crippen LogP contribution in [0.25, 0.3) is 0 Å². The van der Waals surface area contributed by atoms with Gasteiger partial charge in [0.25, 0.3) is 11.8 Å². The number of nitrogens with zero attached hydrogens (tertiary/aromatic N) is 1. The monoisotopic (exact) mass is 391 g/mol. The molecule has 2 aromatic carbocycles. The van der Waals surface area contributed by atoms with Crippen LogP contribution in [0, 0.1) is 6.92 Å². The number of rotatable bonds is 6. The van der Waals surface area contributed by atoms with E-state index in [0.29, 0.717) is 16.9 Å². The average molecular weight is 391 g/mol. The molecule has 3 amide bonds. The van der Waals surface area contributed by atoms with Crippen LogP contribution in [0.2, 0.25) is 0 Å². The van der Waals surface area contributed by atoms with Crippen molar-refractivity contribution in [2.45, 2.75) is 6.92 Å². The Labute approximate surface area is 168 Å². The molecule has 3 aromatic rings. The van der Waals surface area contributed by atoms with Crippen LogP contribution in [0.3, 0.4) is 0 Å². The normalized spacial score (nSPS) is 10.3. The number of carbonyl (C=O) groups is 3. The summed E-state index contributed by atoms with van der Waals surface area (Å²) in [4.78, 5) is 38.0. The second-order valence-electron chi connectivity index (χ2n) is 6.58. The molecule has 7 heteroatoms. The fraction of sp³-hybridized carbons (Fsp3) is 0.136. The summed E-state index contributed by atoms with van der Waals surface area (Å²) in [5, 5.41) is 5.44. The van der Waals surface area contributed by atoms with Crippen molar-refractivity contribution in [3.8, 4) is 0 Å². The number of furan rings is 1. The first-order valence-corrected chi connectivity index (χ1v) is 8.99. The van der Waals surface area contributed by atoms with Gasteiger partial charge in [0.1, 0.15) is 0 Å². The fourth-order valence-electron chi connectivity index (χ4n) is 2.64. The molecule has 0 aliphatic carbocycles. The lowest BCUT2D eigenvalue weighted by molar-refractivity contribution is -0.116. The number of carbonyl (C=O) groups excluding carboxylic acids is 3. The van der Waals surface area contributed by atoms with Crippen molar-refractivity contribution in [1.82, 2.24) is 4.90 Å². The zero-order valence-electron chi connectivity index (χ0n) is 16.1. The fourth-order valence-corrected chi connectivity index (χ4v) is 2.64. The first-order valence-electron chi connectivity index (χ1n) is 8.99. The minimum absolute atomic E-state index is 0.0797. The molecule has 0 unspecified atom stereocenters. The van der Waals surface area contributed by atoms with Crippen molar-refractivity contribution >= 4 is 29.1 Å². The van der Waals surface area contributed by atoms with Gasteiger partial charge in [0.2, 0.25) is 5.91 Å². The van der Waals surface area contributed by atoms with Gasteiger partial charge in [-0.05, 0) is 55.5 Å². The number of benzene rings is 2. The summed E-state index contributed by atoms with van der Waals surface area (Å²) >= 11 is 0. The van der Waals surface area contributed by atoms with Crippen LogP contribution in [0.1, 0.15) is 26.5 Å². The van der Waals surface area contributed by atoms with Gasteiger partial charge in [-0.25, -0.2) is 0 Å². The largest absolute Gasteiger partial charge is 0.459 e. The highest BCUT2D eigenvalue weighted by atomic mass is 16.3. The van der Waals surface area contributed by atoms with Gasteiger partial charge in [0.05, 0.1) is 12.8 Å². The van der Waals surface area contributed by atoms with Crippen molar-refractivity contribution in [3.05, 3.63) is 83.8 Å². The zero-order valence-corrected chi connectivity index (χ0v) is 16.1. The topological polar surface area (TPSA) is 91.7 Å². The maximum absolute atomic E-state index is 12.5. The van der Waals surface area contributed by atoms with Crippen LogP contribution >= 0.6 is 0 Å².